The lowest BCUT2D eigenvalue weighted by atomic mass is 10.1. The Labute approximate surface area is 173 Å². The van der Waals surface area contributed by atoms with Gasteiger partial charge in [-0.05, 0) is 61.2 Å². The molecule has 0 bridgehead atoms. The van der Waals surface area contributed by atoms with Crippen molar-refractivity contribution in [1.82, 2.24) is 24.6 Å². The van der Waals surface area contributed by atoms with Gasteiger partial charge in [0.25, 0.3) is 5.91 Å². The minimum Gasteiger partial charge on any atom is -0.336 e. The Kier molecular flexibility index (Phi) is 4.58. The number of nitrogens with zero attached hydrogens (tertiary/aromatic N) is 4. The van der Waals surface area contributed by atoms with E-state index in [1.165, 1.54) is 12.1 Å². The van der Waals surface area contributed by atoms with Gasteiger partial charge in [0, 0.05) is 36.5 Å². The van der Waals surface area contributed by atoms with Crippen LogP contribution < -0.4 is 0 Å². The van der Waals surface area contributed by atoms with Crippen molar-refractivity contribution in [3.8, 4) is 11.1 Å². The van der Waals surface area contributed by atoms with Crippen molar-refractivity contribution in [3.05, 3.63) is 72.6 Å². The zero-order valence-electron chi connectivity index (χ0n) is 16.6. The summed E-state index contributed by atoms with van der Waals surface area (Å²) in [6.07, 6.45) is 6.47. The molecule has 3 heterocycles. The molecule has 0 saturated carbocycles. The predicted molar refractivity (Wildman–Crippen MR) is 112 cm³/mol. The van der Waals surface area contributed by atoms with Crippen LogP contribution in [0.5, 0.6) is 0 Å². The molecule has 1 aliphatic heterocycles. The first-order valence-electron chi connectivity index (χ1n) is 10.1. The number of carbonyl (C=O) groups excluding carboxylic acids is 1. The van der Waals surface area contributed by atoms with E-state index in [0.29, 0.717) is 18.0 Å². The summed E-state index contributed by atoms with van der Waals surface area (Å²) in [7, 11) is 0. The van der Waals surface area contributed by atoms with Crippen LogP contribution in [0.1, 0.15) is 23.7 Å². The van der Waals surface area contributed by atoms with Crippen LogP contribution in [0.4, 0.5) is 4.39 Å². The standard InChI is InChI=1S/C23H22FN5O/c1-15-8-16(13-29(15)23(30)17-2-5-20(24)6-3-17)12-28-14-25-21-9-18(4-7-22(21)28)19-10-26-27-11-19/h2-7,9-11,14-16H,8,12-13H2,1H3,(H,26,27). The summed E-state index contributed by atoms with van der Waals surface area (Å²) in [4.78, 5) is 19.3. The number of hydrogen-bond donors (Lipinski definition) is 1. The van der Waals surface area contributed by atoms with Crippen LogP contribution in [-0.4, -0.2) is 43.1 Å². The number of imidazole rings is 1. The number of benzene rings is 2. The molecule has 4 aromatic rings. The van der Waals surface area contributed by atoms with Gasteiger partial charge >= 0.3 is 0 Å². The minimum atomic E-state index is -0.332. The van der Waals surface area contributed by atoms with Gasteiger partial charge in [-0.15, -0.1) is 0 Å². The van der Waals surface area contributed by atoms with E-state index in [4.69, 9.17) is 0 Å². The van der Waals surface area contributed by atoms with Crippen LogP contribution in [0.15, 0.2) is 61.2 Å². The van der Waals surface area contributed by atoms with Crippen LogP contribution in [0.25, 0.3) is 22.2 Å². The van der Waals surface area contributed by atoms with Gasteiger partial charge in [0.2, 0.25) is 0 Å². The zero-order valence-corrected chi connectivity index (χ0v) is 16.6. The van der Waals surface area contributed by atoms with Gasteiger partial charge in [0.05, 0.1) is 23.6 Å². The highest BCUT2D eigenvalue weighted by molar-refractivity contribution is 5.94. The number of carbonyl (C=O) groups is 1. The number of hydrogen-bond acceptors (Lipinski definition) is 3. The Bertz CT molecular complexity index is 1180. The molecule has 2 aromatic heterocycles. The molecule has 1 amide bonds. The second-order valence-corrected chi connectivity index (χ2v) is 8.00. The van der Waals surface area contributed by atoms with Gasteiger partial charge in [0.15, 0.2) is 0 Å². The zero-order chi connectivity index (χ0) is 20.7. The van der Waals surface area contributed by atoms with Gasteiger partial charge in [0.1, 0.15) is 5.82 Å². The van der Waals surface area contributed by atoms with Crippen molar-refractivity contribution in [2.45, 2.75) is 25.9 Å². The van der Waals surface area contributed by atoms with Crippen molar-refractivity contribution >= 4 is 16.9 Å². The van der Waals surface area contributed by atoms with Crippen molar-refractivity contribution in [1.29, 1.82) is 0 Å². The smallest absolute Gasteiger partial charge is 0.254 e. The highest BCUT2D eigenvalue weighted by atomic mass is 19.1. The van der Waals surface area contributed by atoms with Gasteiger partial charge in [-0.3, -0.25) is 9.89 Å². The summed E-state index contributed by atoms with van der Waals surface area (Å²) in [6.45, 7) is 3.56. The fraction of sp³-hybridized carbons (Fsp3) is 0.261. The Balaban J connectivity index is 1.32. The third-order valence-electron chi connectivity index (χ3n) is 5.92. The van der Waals surface area contributed by atoms with Crippen molar-refractivity contribution < 1.29 is 9.18 Å². The molecule has 1 fully saturated rings. The topological polar surface area (TPSA) is 66.8 Å². The minimum absolute atomic E-state index is 0.0368. The fourth-order valence-electron chi connectivity index (χ4n) is 4.39. The average Bonchev–Trinajstić information content (AvgIpc) is 3.49. The van der Waals surface area contributed by atoms with E-state index >= 15 is 0 Å². The molecule has 152 valence electrons. The summed E-state index contributed by atoms with van der Waals surface area (Å²) in [5.41, 5.74) is 4.67. The maximum absolute atomic E-state index is 13.2. The van der Waals surface area contributed by atoms with Crippen molar-refractivity contribution in [2.75, 3.05) is 6.54 Å². The highest BCUT2D eigenvalue weighted by Gasteiger charge is 2.33. The quantitative estimate of drug-likeness (QED) is 0.557. The SMILES string of the molecule is CC1CC(Cn2cnc3cc(-c4cn[nH]c4)ccc32)CN1C(=O)c1ccc(F)cc1. The van der Waals surface area contributed by atoms with Crippen LogP contribution >= 0.6 is 0 Å². The number of rotatable bonds is 4. The number of amides is 1. The fourth-order valence-corrected chi connectivity index (χ4v) is 4.39. The Morgan fingerprint density at radius 2 is 2.03 bits per heavy atom. The third-order valence-corrected chi connectivity index (χ3v) is 5.92. The molecule has 2 aromatic carbocycles. The van der Waals surface area contributed by atoms with Gasteiger partial charge in [-0.1, -0.05) is 6.07 Å². The van der Waals surface area contributed by atoms with Crippen LogP contribution in [0.2, 0.25) is 0 Å². The maximum Gasteiger partial charge on any atom is 0.254 e. The molecule has 5 rings (SSSR count). The summed E-state index contributed by atoms with van der Waals surface area (Å²) < 4.78 is 15.3. The number of fused-ring (bicyclic) bond motifs is 1. The maximum atomic E-state index is 13.2. The predicted octanol–water partition coefficient (Wildman–Crippen LogP) is 4.12. The molecule has 2 atom stereocenters. The van der Waals surface area contributed by atoms with E-state index in [2.05, 4.69) is 44.9 Å². The first kappa shape index (κ1) is 18.5. The summed E-state index contributed by atoms with van der Waals surface area (Å²) in [6, 6.07) is 12.2. The molecular formula is C23H22FN5O. The molecule has 1 aliphatic rings. The number of aromatic nitrogens is 4. The normalized spacial score (nSPS) is 18.9. The van der Waals surface area contributed by atoms with Crippen LogP contribution in [0, 0.1) is 11.7 Å². The second-order valence-electron chi connectivity index (χ2n) is 8.00. The molecule has 0 aliphatic carbocycles. The summed E-state index contributed by atoms with van der Waals surface area (Å²) >= 11 is 0. The lowest BCUT2D eigenvalue weighted by Gasteiger charge is -2.21. The Hall–Kier alpha value is -3.48. The molecule has 30 heavy (non-hydrogen) atoms. The number of nitrogens with one attached hydrogen (secondary N) is 1. The summed E-state index contributed by atoms with van der Waals surface area (Å²) in [5.74, 6) is -0.0256. The first-order valence-corrected chi connectivity index (χ1v) is 10.1. The van der Waals surface area contributed by atoms with E-state index in [-0.39, 0.29) is 17.8 Å². The third kappa shape index (κ3) is 3.36. The summed E-state index contributed by atoms with van der Waals surface area (Å²) in [5, 5.41) is 6.84. The molecule has 0 radical (unpaired) electrons. The molecule has 7 heteroatoms. The van der Waals surface area contributed by atoms with Gasteiger partial charge < -0.3 is 9.47 Å². The van der Waals surface area contributed by atoms with Crippen molar-refractivity contribution in [3.63, 3.8) is 0 Å². The van der Waals surface area contributed by atoms with E-state index in [9.17, 15) is 9.18 Å². The number of aromatic amines is 1. The lowest BCUT2D eigenvalue weighted by Crippen LogP contribution is -2.34. The average molecular weight is 403 g/mol. The first-order chi connectivity index (χ1) is 14.6. The number of likely N-dealkylation sites (tertiary alicyclic amines) is 1. The lowest BCUT2D eigenvalue weighted by molar-refractivity contribution is 0.0742. The second kappa shape index (κ2) is 7.40. The van der Waals surface area contributed by atoms with Gasteiger partial charge in [-0.25, -0.2) is 9.37 Å². The Morgan fingerprint density at radius 3 is 2.80 bits per heavy atom. The monoisotopic (exact) mass is 403 g/mol. The molecule has 2 unspecified atom stereocenters. The Morgan fingerprint density at radius 1 is 1.20 bits per heavy atom. The number of halogens is 1. The largest absolute Gasteiger partial charge is 0.336 e. The van der Waals surface area contributed by atoms with E-state index in [1.807, 2.05) is 17.4 Å². The number of H-pyrrole nitrogens is 1. The van der Waals surface area contributed by atoms with E-state index < -0.39 is 0 Å². The molecular weight excluding hydrogens is 381 g/mol. The molecule has 6 nitrogen and oxygen atoms in total. The molecule has 1 N–H and O–H groups in total. The van der Waals surface area contributed by atoms with Crippen LogP contribution in [-0.2, 0) is 6.54 Å². The van der Waals surface area contributed by atoms with Gasteiger partial charge in [-0.2, -0.15) is 5.10 Å². The van der Waals surface area contributed by atoms with Crippen LogP contribution in [0.3, 0.4) is 0 Å². The van der Waals surface area contributed by atoms with E-state index in [1.54, 1.807) is 18.3 Å². The highest BCUT2D eigenvalue weighted by Crippen LogP contribution is 2.28. The molecule has 0 spiro atoms. The van der Waals surface area contributed by atoms with E-state index in [0.717, 1.165) is 35.1 Å². The van der Waals surface area contributed by atoms with Crippen molar-refractivity contribution in [2.24, 2.45) is 5.92 Å². The molecule has 1 saturated heterocycles.